The third kappa shape index (κ3) is 2.32. The highest BCUT2D eigenvalue weighted by Gasteiger charge is 2.08. The fourth-order valence-corrected chi connectivity index (χ4v) is 2.15. The zero-order valence-corrected chi connectivity index (χ0v) is 10.1. The van der Waals surface area contributed by atoms with E-state index in [-0.39, 0.29) is 0 Å². The number of thiazole rings is 1. The molecule has 0 atom stereocenters. The molecule has 0 unspecified atom stereocenters. The van der Waals surface area contributed by atoms with Gasteiger partial charge < -0.3 is 5.32 Å². The number of carbonyl (C=O) groups is 1. The molecule has 0 aliphatic heterocycles. The second-order valence-corrected chi connectivity index (χ2v) is 4.47. The van der Waals surface area contributed by atoms with Crippen LogP contribution in [0.3, 0.4) is 0 Å². The van der Waals surface area contributed by atoms with Crippen LogP contribution >= 0.6 is 34.5 Å². The van der Waals surface area contributed by atoms with Crippen molar-refractivity contribution >= 4 is 51.6 Å². The summed E-state index contributed by atoms with van der Waals surface area (Å²) >= 11 is 13.1. The van der Waals surface area contributed by atoms with Gasteiger partial charge in [-0.15, -0.1) is 11.3 Å². The highest BCUT2D eigenvalue weighted by atomic mass is 35.5. The molecule has 0 aliphatic carbocycles. The van der Waals surface area contributed by atoms with Gasteiger partial charge in [-0.1, -0.05) is 23.2 Å². The zero-order chi connectivity index (χ0) is 11.5. The molecule has 0 saturated heterocycles. The Morgan fingerprint density at radius 1 is 1.31 bits per heavy atom. The summed E-state index contributed by atoms with van der Waals surface area (Å²) in [6.45, 7) is 0. The van der Waals surface area contributed by atoms with Crippen molar-refractivity contribution in [3.05, 3.63) is 33.5 Å². The summed E-state index contributed by atoms with van der Waals surface area (Å²) < 4.78 is 0. The lowest BCUT2D eigenvalue weighted by molar-refractivity contribution is 0.111. The Morgan fingerprint density at radius 2 is 2.00 bits per heavy atom. The Morgan fingerprint density at radius 3 is 2.56 bits per heavy atom. The third-order valence-corrected chi connectivity index (χ3v) is 3.08. The summed E-state index contributed by atoms with van der Waals surface area (Å²) in [7, 11) is 0. The largest absolute Gasteiger partial charge is 0.329 e. The van der Waals surface area contributed by atoms with Crippen LogP contribution < -0.4 is 5.32 Å². The first-order valence-corrected chi connectivity index (χ1v) is 5.81. The van der Waals surface area contributed by atoms with E-state index < -0.39 is 0 Å². The van der Waals surface area contributed by atoms with Crippen molar-refractivity contribution < 1.29 is 4.79 Å². The van der Waals surface area contributed by atoms with Crippen molar-refractivity contribution in [3.8, 4) is 0 Å². The van der Waals surface area contributed by atoms with Gasteiger partial charge in [0.05, 0.1) is 15.7 Å². The SMILES string of the molecule is O=Cc1csc(Nc2c(Cl)cncc2Cl)n1. The van der Waals surface area contributed by atoms with E-state index in [2.05, 4.69) is 15.3 Å². The van der Waals surface area contributed by atoms with E-state index in [9.17, 15) is 4.79 Å². The van der Waals surface area contributed by atoms with Crippen LogP contribution in [-0.4, -0.2) is 16.3 Å². The standard InChI is InChI=1S/C9H5Cl2N3OS/c10-6-1-12-2-7(11)8(6)14-9-13-5(3-15)4-16-9/h1-4H,(H,12,13,14). The first kappa shape index (κ1) is 11.3. The summed E-state index contributed by atoms with van der Waals surface area (Å²) in [5, 5.41) is 5.93. The fourth-order valence-electron chi connectivity index (χ4n) is 1.04. The topological polar surface area (TPSA) is 54.9 Å². The number of nitrogens with one attached hydrogen (secondary N) is 1. The maximum absolute atomic E-state index is 10.5. The predicted octanol–water partition coefficient (Wildman–Crippen LogP) is 3.40. The van der Waals surface area contributed by atoms with E-state index in [1.807, 2.05) is 0 Å². The fraction of sp³-hybridized carbons (Fsp3) is 0. The molecule has 2 rings (SSSR count). The molecule has 2 heterocycles. The van der Waals surface area contributed by atoms with E-state index in [4.69, 9.17) is 23.2 Å². The summed E-state index contributed by atoms with van der Waals surface area (Å²) in [5.74, 6) is 0. The highest BCUT2D eigenvalue weighted by Crippen LogP contribution is 2.32. The molecule has 0 spiro atoms. The number of hydrogen-bond donors (Lipinski definition) is 1. The van der Waals surface area contributed by atoms with Crippen molar-refractivity contribution in [1.29, 1.82) is 0 Å². The number of aldehydes is 1. The van der Waals surface area contributed by atoms with Crippen molar-refractivity contribution in [2.75, 3.05) is 5.32 Å². The van der Waals surface area contributed by atoms with Gasteiger partial charge in [0.2, 0.25) is 0 Å². The summed E-state index contributed by atoms with van der Waals surface area (Å²) in [5.41, 5.74) is 0.902. The lowest BCUT2D eigenvalue weighted by atomic mass is 10.4. The zero-order valence-electron chi connectivity index (χ0n) is 7.78. The van der Waals surface area contributed by atoms with Crippen molar-refractivity contribution in [2.24, 2.45) is 0 Å². The predicted molar refractivity (Wildman–Crippen MR) is 65.0 cm³/mol. The lowest BCUT2D eigenvalue weighted by Gasteiger charge is -2.06. The monoisotopic (exact) mass is 273 g/mol. The molecular formula is C9H5Cl2N3OS. The molecule has 0 aliphatic rings. The number of rotatable bonds is 3. The van der Waals surface area contributed by atoms with Crippen LogP contribution in [-0.2, 0) is 0 Å². The van der Waals surface area contributed by atoms with Crippen LogP contribution in [0.1, 0.15) is 10.5 Å². The molecule has 0 bridgehead atoms. The van der Waals surface area contributed by atoms with Crippen LogP contribution in [0.4, 0.5) is 10.8 Å². The van der Waals surface area contributed by atoms with Crippen LogP contribution in [0.5, 0.6) is 0 Å². The van der Waals surface area contributed by atoms with Crippen LogP contribution in [0.25, 0.3) is 0 Å². The van der Waals surface area contributed by atoms with Gasteiger partial charge in [0, 0.05) is 17.8 Å². The van der Waals surface area contributed by atoms with E-state index in [1.165, 1.54) is 23.7 Å². The maximum atomic E-state index is 10.5. The molecule has 16 heavy (non-hydrogen) atoms. The molecule has 2 aromatic heterocycles. The second kappa shape index (κ2) is 4.78. The minimum absolute atomic E-state index is 0.369. The Kier molecular flexibility index (Phi) is 3.38. The molecule has 1 N–H and O–H groups in total. The quantitative estimate of drug-likeness (QED) is 0.871. The molecule has 0 amide bonds. The molecule has 0 saturated carbocycles. The van der Waals surface area contributed by atoms with Gasteiger partial charge >= 0.3 is 0 Å². The van der Waals surface area contributed by atoms with Gasteiger partial charge in [-0.25, -0.2) is 4.98 Å². The number of halogens is 2. The number of nitrogens with zero attached hydrogens (tertiary/aromatic N) is 2. The number of hydrogen-bond acceptors (Lipinski definition) is 5. The Hall–Kier alpha value is -1.17. The van der Waals surface area contributed by atoms with Crippen molar-refractivity contribution in [2.45, 2.75) is 0 Å². The first-order valence-electron chi connectivity index (χ1n) is 4.17. The average Bonchev–Trinajstić information content (AvgIpc) is 2.71. The van der Waals surface area contributed by atoms with Gasteiger partial charge in [0.15, 0.2) is 11.4 Å². The Bertz CT molecular complexity index is 509. The molecule has 0 aromatic carbocycles. The van der Waals surface area contributed by atoms with Gasteiger partial charge in [-0.3, -0.25) is 9.78 Å². The highest BCUT2D eigenvalue weighted by molar-refractivity contribution is 7.14. The Labute approximate surface area is 105 Å². The van der Waals surface area contributed by atoms with Crippen LogP contribution in [0.15, 0.2) is 17.8 Å². The molecule has 7 heteroatoms. The minimum Gasteiger partial charge on any atom is -0.329 e. The summed E-state index contributed by atoms with van der Waals surface area (Å²) in [4.78, 5) is 18.3. The summed E-state index contributed by atoms with van der Waals surface area (Å²) in [6, 6.07) is 0. The molecule has 82 valence electrons. The average molecular weight is 274 g/mol. The molecular weight excluding hydrogens is 269 g/mol. The van der Waals surface area contributed by atoms with E-state index in [1.54, 1.807) is 5.38 Å². The number of carbonyl (C=O) groups excluding carboxylic acids is 1. The third-order valence-electron chi connectivity index (χ3n) is 1.73. The molecule has 2 aromatic rings. The van der Waals surface area contributed by atoms with Crippen LogP contribution in [0, 0.1) is 0 Å². The van der Waals surface area contributed by atoms with Crippen molar-refractivity contribution in [1.82, 2.24) is 9.97 Å². The van der Waals surface area contributed by atoms with Gasteiger partial charge in [-0.2, -0.15) is 0 Å². The number of aromatic nitrogens is 2. The molecule has 0 radical (unpaired) electrons. The summed E-state index contributed by atoms with van der Waals surface area (Å²) in [6.07, 6.45) is 3.63. The molecule has 0 fully saturated rings. The minimum atomic E-state index is 0.369. The second-order valence-electron chi connectivity index (χ2n) is 2.80. The van der Waals surface area contributed by atoms with Gasteiger partial charge in [-0.05, 0) is 0 Å². The first-order chi connectivity index (χ1) is 7.70. The van der Waals surface area contributed by atoms with E-state index in [0.29, 0.717) is 32.8 Å². The Balaban J connectivity index is 2.29. The van der Waals surface area contributed by atoms with Gasteiger partial charge in [0.25, 0.3) is 0 Å². The lowest BCUT2D eigenvalue weighted by Crippen LogP contribution is -1.93. The van der Waals surface area contributed by atoms with Gasteiger partial charge in [0.1, 0.15) is 5.69 Å². The molecule has 4 nitrogen and oxygen atoms in total. The maximum Gasteiger partial charge on any atom is 0.187 e. The van der Waals surface area contributed by atoms with Crippen molar-refractivity contribution in [3.63, 3.8) is 0 Å². The normalized spacial score (nSPS) is 10.1. The smallest absolute Gasteiger partial charge is 0.187 e. The van der Waals surface area contributed by atoms with E-state index >= 15 is 0 Å². The number of anilines is 2. The van der Waals surface area contributed by atoms with E-state index in [0.717, 1.165) is 0 Å². The van der Waals surface area contributed by atoms with Crippen LogP contribution in [0.2, 0.25) is 10.0 Å². The number of pyridine rings is 1.